The lowest BCUT2D eigenvalue weighted by atomic mass is 10.1. The number of ether oxygens (including phenoxy) is 1. The molecule has 0 saturated carbocycles. The summed E-state index contributed by atoms with van der Waals surface area (Å²) in [4.78, 5) is 0. The van der Waals surface area contributed by atoms with Gasteiger partial charge in [-0.25, -0.2) is 0 Å². The number of rotatable bonds is 7. The molecular formula is C13H21NOS. The van der Waals surface area contributed by atoms with Gasteiger partial charge in [-0.05, 0) is 42.0 Å². The summed E-state index contributed by atoms with van der Waals surface area (Å²) in [6, 6.07) is 6.05. The van der Waals surface area contributed by atoms with Crippen LogP contribution in [0, 0.1) is 0 Å². The average molecular weight is 239 g/mol. The van der Waals surface area contributed by atoms with Crippen LogP contribution in [0.4, 0.5) is 5.69 Å². The minimum absolute atomic E-state index is 0.752. The fourth-order valence-corrected chi connectivity index (χ4v) is 2.05. The lowest BCUT2D eigenvalue weighted by Crippen LogP contribution is -2.02. The lowest BCUT2D eigenvalue weighted by Gasteiger charge is -2.09. The van der Waals surface area contributed by atoms with Gasteiger partial charge in [0.1, 0.15) is 5.75 Å². The maximum Gasteiger partial charge on any atom is 0.142 e. The molecular weight excluding hydrogens is 218 g/mol. The van der Waals surface area contributed by atoms with E-state index in [9.17, 15) is 0 Å². The highest BCUT2D eigenvalue weighted by atomic mass is 32.2. The summed E-state index contributed by atoms with van der Waals surface area (Å²) in [7, 11) is 0. The first-order valence-corrected chi connectivity index (χ1v) is 7.02. The highest BCUT2D eigenvalue weighted by Gasteiger charge is 2.00. The van der Waals surface area contributed by atoms with E-state index in [0.29, 0.717) is 0 Å². The summed E-state index contributed by atoms with van der Waals surface area (Å²) in [5.41, 5.74) is 7.92. The zero-order valence-corrected chi connectivity index (χ0v) is 11.0. The number of aryl methyl sites for hydroxylation is 1. The summed E-state index contributed by atoms with van der Waals surface area (Å²) < 4.78 is 5.64. The van der Waals surface area contributed by atoms with Gasteiger partial charge >= 0.3 is 0 Å². The van der Waals surface area contributed by atoms with Crippen molar-refractivity contribution < 1.29 is 4.74 Å². The Bertz CT molecular complexity index is 315. The minimum Gasteiger partial charge on any atom is -0.491 e. The van der Waals surface area contributed by atoms with E-state index in [4.69, 9.17) is 10.5 Å². The first-order chi connectivity index (χ1) is 7.77. The van der Waals surface area contributed by atoms with Crippen LogP contribution in [0.3, 0.4) is 0 Å². The van der Waals surface area contributed by atoms with Gasteiger partial charge in [-0.15, -0.1) is 0 Å². The molecule has 0 spiro atoms. The summed E-state index contributed by atoms with van der Waals surface area (Å²) in [5, 5.41) is 0. The zero-order chi connectivity index (χ0) is 11.8. The Labute approximate surface area is 103 Å². The van der Waals surface area contributed by atoms with Crippen molar-refractivity contribution in [1.82, 2.24) is 0 Å². The van der Waals surface area contributed by atoms with E-state index in [1.54, 1.807) is 0 Å². The van der Waals surface area contributed by atoms with E-state index in [0.717, 1.165) is 36.6 Å². The SMILES string of the molecule is CCSCCCOc1ccc(CC)cc1N. The number of nitrogen functional groups attached to an aromatic ring is 1. The lowest BCUT2D eigenvalue weighted by molar-refractivity contribution is 0.320. The Morgan fingerprint density at radius 3 is 2.75 bits per heavy atom. The molecule has 0 heterocycles. The van der Waals surface area contributed by atoms with E-state index in [1.165, 1.54) is 11.3 Å². The molecule has 0 radical (unpaired) electrons. The highest BCUT2D eigenvalue weighted by Crippen LogP contribution is 2.22. The van der Waals surface area contributed by atoms with E-state index in [1.807, 2.05) is 23.9 Å². The van der Waals surface area contributed by atoms with Crippen LogP contribution >= 0.6 is 11.8 Å². The molecule has 16 heavy (non-hydrogen) atoms. The topological polar surface area (TPSA) is 35.2 Å². The number of nitrogens with two attached hydrogens (primary N) is 1. The number of anilines is 1. The van der Waals surface area contributed by atoms with Crippen LogP contribution in [0.5, 0.6) is 5.75 Å². The van der Waals surface area contributed by atoms with Crippen molar-refractivity contribution in [2.75, 3.05) is 23.8 Å². The quantitative estimate of drug-likeness (QED) is 0.585. The number of hydrogen-bond donors (Lipinski definition) is 1. The average Bonchev–Trinajstić information content (AvgIpc) is 2.30. The van der Waals surface area contributed by atoms with E-state index in [2.05, 4.69) is 19.9 Å². The van der Waals surface area contributed by atoms with Gasteiger partial charge in [0.25, 0.3) is 0 Å². The molecule has 3 heteroatoms. The van der Waals surface area contributed by atoms with Crippen LogP contribution in [0.1, 0.15) is 25.8 Å². The number of benzene rings is 1. The summed E-state index contributed by atoms with van der Waals surface area (Å²) in [6.07, 6.45) is 2.09. The second-order valence-corrected chi connectivity index (χ2v) is 5.02. The Kier molecular flexibility index (Phi) is 6.16. The predicted octanol–water partition coefficient (Wildman–Crippen LogP) is 3.35. The number of thioether (sulfide) groups is 1. The predicted molar refractivity (Wildman–Crippen MR) is 73.3 cm³/mol. The Morgan fingerprint density at radius 1 is 1.31 bits per heavy atom. The smallest absolute Gasteiger partial charge is 0.142 e. The Morgan fingerprint density at radius 2 is 2.12 bits per heavy atom. The first-order valence-electron chi connectivity index (χ1n) is 5.86. The normalized spacial score (nSPS) is 10.4. The van der Waals surface area contributed by atoms with Crippen LogP contribution in [-0.4, -0.2) is 18.1 Å². The van der Waals surface area contributed by atoms with Gasteiger partial charge in [0, 0.05) is 0 Å². The molecule has 1 aromatic carbocycles. The van der Waals surface area contributed by atoms with Crippen LogP contribution in [0.25, 0.3) is 0 Å². The molecule has 0 aromatic heterocycles. The summed E-state index contributed by atoms with van der Waals surface area (Å²) in [6.45, 7) is 5.05. The van der Waals surface area contributed by atoms with Crippen molar-refractivity contribution in [3.63, 3.8) is 0 Å². The van der Waals surface area contributed by atoms with Crippen molar-refractivity contribution in [2.45, 2.75) is 26.7 Å². The fraction of sp³-hybridized carbons (Fsp3) is 0.538. The third kappa shape index (κ3) is 4.35. The van der Waals surface area contributed by atoms with E-state index < -0.39 is 0 Å². The molecule has 0 aliphatic heterocycles. The van der Waals surface area contributed by atoms with E-state index in [-0.39, 0.29) is 0 Å². The minimum atomic E-state index is 0.752. The van der Waals surface area contributed by atoms with Gasteiger partial charge in [0.15, 0.2) is 0 Å². The van der Waals surface area contributed by atoms with Crippen molar-refractivity contribution >= 4 is 17.4 Å². The molecule has 0 aliphatic carbocycles. The second-order valence-electron chi connectivity index (χ2n) is 3.62. The van der Waals surface area contributed by atoms with E-state index >= 15 is 0 Å². The molecule has 0 amide bonds. The Hall–Kier alpha value is -0.830. The third-order valence-electron chi connectivity index (χ3n) is 2.38. The van der Waals surface area contributed by atoms with Gasteiger partial charge < -0.3 is 10.5 Å². The van der Waals surface area contributed by atoms with Gasteiger partial charge in [0.2, 0.25) is 0 Å². The monoisotopic (exact) mass is 239 g/mol. The van der Waals surface area contributed by atoms with Crippen molar-refractivity contribution in [3.05, 3.63) is 23.8 Å². The van der Waals surface area contributed by atoms with Crippen molar-refractivity contribution in [2.24, 2.45) is 0 Å². The fourth-order valence-electron chi connectivity index (χ4n) is 1.44. The standard InChI is InChI=1S/C13H21NOS/c1-3-11-6-7-13(12(14)10-11)15-8-5-9-16-4-2/h6-7,10H,3-5,8-9,14H2,1-2H3. The molecule has 0 aliphatic rings. The van der Waals surface area contributed by atoms with Crippen LogP contribution in [-0.2, 0) is 6.42 Å². The van der Waals surface area contributed by atoms with Gasteiger partial charge in [-0.3, -0.25) is 0 Å². The van der Waals surface area contributed by atoms with Gasteiger partial charge in [-0.2, -0.15) is 11.8 Å². The summed E-state index contributed by atoms with van der Waals surface area (Å²) in [5.74, 6) is 3.15. The maximum atomic E-state index is 5.91. The largest absolute Gasteiger partial charge is 0.491 e. The maximum absolute atomic E-state index is 5.91. The molecule has 0 unspecified atom stereocenters. The molecule has 90 valence electrons. The molecule has 2 N–H and O–H groups in total. The van der Waals surface area contributed by atoms with Crippen molar-refractivity contribution in [3.8, 4) is 5.75 Å². The third-order valence-corrected chi connectivity index (χ3v) is 3.36. The molecule has 0 fully saturated rings. The second kappa shape index (κ2) is 7.44. The molecule has 1 aromatic rings. The Balaban J connectivity index is 2.36. The molecule has 0 bridgehead atoms. The van der Waals surface area contributed by atoms with Gasteiger partial charge in [0.05, 0.1) is 12.3 Å². The van der Waals surface area contributed by atoms with Crippen LogP contribution in [0.15, 0.2) is 18.2 Å². The molecule has 0 saturated heterocycles. The zero-order valence-electron chi connectivity index (χ0n) is 10.2. The molecule has 1 rings (SSSR count). The van der Waals surface area contributed by atoms with Crippen molar-refractivity contribution in [1.29, 1.82) is 0 Å². The van der Waals surface area contributed by atoms with Crippen LogP contribution in [0.2, 0.25) is 0 Å². The van der Waals surface area contributed by atoms with Crippen LogP contribution < -0.4 is 10.5 Å². The summed E-state index contributed by atoms with van der Waals surface area (Å²) >= 11 is 1.94. The highest BCUT2D eigenvalue weighted by molar-refractivity contribution is 7.99. The van der Waals surface area contributed by atoms with Gasteiger partial charge in [-0.1, -0.05) is 19.9 Å². The molecule has 0 atom stereocenters. The molecule has 2 nitrogen and oxygen atoms in total. The first kappa shape index (κ1) is 13.2. The number of hydrogen-bond acceptors (Lipinski definition) is 3.